The molecule has 0 amide bonds. The van der Waals surface area contributed by atoms with Gasteiger partial charge in [0.05, 0.1) is 15.7 Å². The minimum absolute atomic E-state index is 0.250. The van der Waals surface area contributed by atoms with Gasteiger partial charge in [-0.2, -0.15) is 0 Å². The highest BCUT2D eigenvalue weighted by Gasteiger charge is 1.98. The van der Waals surface area contributed by atoms with E-state index in [1.807, 2.05) is 0 Å². The summed E-state index contributed by atoms with van der Waals surface area (Å²) >= 11 is 0. The van der Waals surface area contributed by atoms with Crippen LogP contribution in [0.3, 0.4) is 0 Å². The van der Waals surface area contributed by atoms with E-state index in [1.54, 1.807) is 5.98 Å². The summed E-state index contributed by atoms with van der Waals surface area (Å²) < 4.78 is 0. The molecular formula is C4H6B4. The van der Waals surface area contributed by atoms with E-state index in [1.165, 1.54) is 5.98 Å². The molecule has 4 heteroatoms. The van der Waals surface area contributed by atoms with Crippen LogP contribution in [0, 0.1) is 0 Å². The summed E-state index contributed by atoms with van der Waals surface area (Å²) in [4.78, 5) is 0. The zero-order valence-electron chi connectivity index (χ0n) is 4.88. The van der Waals surface area contributed by atoms with E-state index >= 15 is 0 Å². The Hall–Kier alpha value is -0.000260. The molecule has 0 aromatic rings. The summed E-state index contributed by atoms with van der Waals surface area (Å²) in [5, 5.41) is 0. The molecular weight excluding hydrogens is 91.3 g/mol. The van der Waals surface area contributed by atoms with Crippen molar-refractivity contribution < 1.29 is 0 Å². The standard InChI is InChI=1S/C4H6B4/c5-1-2-8(3-6)4-7/h1-2H,3-4H2/b2-1+. The van der Waals surface area contributed by atoms with Gasteiger partial charge >= 0.3 is 0 Å². The Balaban J connectivity index is 3.36. The van der Waals surface area contributed by atoms with Gasteiger partial charge in [-0.15, -0.1) is 24.4 Å². The molecule has 0 atom stereocenters. The summed E-state index contributed by atoms with van der Waals surface area (Å²) in [6.45, 7) is 0.250. The molecule has 6 radical (unpaired) electrons. The van der Waals surface area contributed by atoms with Crippen molar-refractivity contribution in [3.05, 3.63) is 12.0 Å². The SMILES string of the molecule is [B]/C=C/B(C[B])C[B]. The Morgan fingerprint density at radius 1 is 1.25 bits per heavy atom. The lowest BCUT2D eigenvalue weighted by atomic mass is 9.37. The second kappa shape index (κ2) is 5.14. The normalized spacial score (nSPS) is 10.0. The van der Waals surface area contributed by atoms with Gasteiger partial charge in [-0.05, 0) is 0 Å². The highest BCUT2D eigenvalue weighted by molar-refractivity contribution is 6.75. The van der Waals surface area contributed by atoms with Gasteiger partial charge in [-0.25, -0.2) is 0 Å². The van der Waals surface area contributed by atoms with Crippen molar-refractivity contribution in [3.8, 4) is 0 Å². The zero-order chi connectivity index (χ0) is 6.41. The predicted molar refractivity (Wildman–Crippen MR) is 41.8 cm³/mol. The van der Waals surface area contributed by atoms with E-state index in [2.05, 4.69) is 0 Å². The molecule has 8 heavy (non-hydrogen) atoms. The quantitative estimate of drug-likeness (QED) is 0.433. The highest BCUT2D eigenvalue weighted by Crippen LogP contribution is 1.92. The summed E-state index contributed by atoms with van der Waals surface area (Å²) in [6.07, 6.45) is 1.15. The van der Waals surface area contributed by atoms with Crippen molar-refractivity contribution in [2.45, 2.75) is 12.4 Å². The lowest BCUT2D eigenvalue weighted by Crippen LogP contribution is -2.07. The van der Waals surface area contributed by atoms with Crippen LogP contribution in [0.5, 0.6) is 0 Å². The molecule has 0 aliphatic rings. The summed E-state index contributed by atoms with van der Waals surface area (Å²) in [5.74, 6) is 3.28. The molecule has 0 heterocycles. The van der Waals surface area contributed by atoms with Crippen LogP contribution >= 0.6 is 0 Å². The third-order valence-corrected chi connectivity index (χ3v) is 0.989. The minimum Gasteiger partial charge on any atom is -0.144 e. The highest BCUT2D eigenvalue weighted by atomic mass is 13.5. The molecule has 0 nitrogen and oxygen atoms in total. The molecule has 0 N–H and O–H groups in total. The van der Waals surface area contributed by atoms with Crippen molar-refractivity contribution >= 4 is 30.3 Å². The lowest BCUT2D eigenvalue weighted by Gasteiger charge is -1.98. The van der Waals surface area contributed by atoms with Crippen LogP contribution in [-0.4, -0.2) is 30.3 Å². The molecule has 0 aromatic carbocycles. The van der Waals surface area contributed by atoms with E-state index < -0.39 is 0 Å². The van der Waals surface area contributed by atoms with Crippen LogP contribution in [0.15, 0.2) is 12.0 Å². The molecule has 34 valence electrons. The second-order valence-electron chi connectivity index (χ2n) is 1.62. The van der Waals surface area contributed by atoms with Crippen molar-refractivity contribution in [2.75, 3.05) is 0 Å². The summed E-state index contributed by atoms with van der Waals surface area (Å²) in [5.41, 5.74) is 0. The largest absolute Gasteiger partial charge is 0.148 e. The maximum atomic E-state index is 5.28. The first-order valence-electron chi connectivity index (χ1n) is 2.63. The molecule has 0 fully saturated rings. The molecule has 0 bridgehead atoms. The van der Waals surface area contributed by atoms with Gasteiger partial charge in [0.15, 0.2) is 0 Å². The van der Waals surface area contributed by atoms with Crippen LogP contribution < -0.4 is 0 Å². The maximum absolute atomic E-state index is 5.28. The van der Waals surface area contributed by atoms with Crippen LogP contribution in [0.2, 0.25) is 12.4 Å². The zero-order valence-corrected chi connectivity index (χ0v) is 4.88. The molecule has 0 unspecified atom stereocenters. The van der Waals surface area contributed by atoms with Gasteiger partial charge in [0.1, 0.15) is 14.6 Å². The first-order valence-corrected chi connectivity index (χ1v) is 2.63. The van der Waals surface area contributed by atoms with E-state index in [0.717, 1.165) is 0 Å². The third kappa shape index (κ3) is 3.06. The monoisotopic (exact) mass is 98.1 g/mol. The van der Waals surface area contributed by atoms with Crippen LogP contribution in [0.4, 0.5) is 0 Å². The van der Waals surface area contributed by atoms with E-state index in [-0.39, 0.29) is 6.71 Å². The number of hydrogen-bond acceptors (Lipinski definition) is 0. The Bertz CT molecular complexity index is 66.4. The molecule has 0 aliphatic carbocycles. The van der Waals surface area contributed by atoms with Crippen molar-refractivity contribution in [3.63, 3.8) is 0 Å². The topological polar surface area (TPSA) is 0 Å². The van der Waals surface area contributed by atoms with Gasteiger partial charge in [0.25, 0.3) is 0 Å². The fourth-order valence-electron chi connectivity index (χ4n) is 0.410. The molecule has 0 rings (SSSR count). The first kappa shape index (κ1) is 8.00. The number of rotatable bonds is 3. The van der Waals surface area contributed by atoms with E-state index in [0.29, 0.717) is 12.4 Å². The fraction of sp³-hybridized carbons (Fsp3) is 0.500. The van der Waals surface area contributed by atoms with E-state index in [4.69, 9.17) is 23.5 Å². The minimum atomic E-state index is 0.250. The van der Waals surface area contributed by atoms with Gasteiger partial charge in [0, 0.05) is 0 Å². The first-order chi connectivity index (χ1) is 3.85. The van der Waals surface area contributed by atoms with Gasteiger partial charge in [0.2, 0.25) is 0 Å². The average Bonchev–Trinajstić information content (AvgIpc) is 1.83. The molecule has 0 saturated carbocycles. The molecule has 0 aromatic heterocycles. The number of hydrogen-bond donors (Lipinski definition) is 0. The third-order valence-electron chi connectivity index (χ3n) is 0.989. The summed E-state index contributed by atoms with van der Waals surface area (Å²) in [7, 11) is 15.7. The molecule has 0 saturated heterocycles. The van der Waals surface area contributed by atoms with Gasteiger partial charge < -0.3 is 0 Å². The average molecular weight is 97.3 g/mol. The second-order valence-corrected chi connectivity index (χ2v) is 1.62. The van der Waals surface area contributed by atoms with Crippen molar-refractivity contribution in [1.82, 2.24) is 0 Å². The Morgan fingerprint density at radius 3 is 1.88 bits per heavy atom. The Morgan fingerprint density at radius 2 is 1.75 bits per heavy atom. The Kier molecular flexibility index (Phi) is 5.14. The molecule has 0 aliphatic heterocycles. The summed E-state index contributed by atoms with van der Waals surface area (Å²) in [6, 6.07) is 0. The van der Waals surface area contributed by atoms with Crippen LogP contribution in [-0.2, 0) is 0 Å². The van der Waals surface area contributed by atoms with Crippen molar-refractivity contribution in [2.24, 2.45) is 0 Å². The van der Waals surface area contributed by atoms with Crippen LogP contribution in [0.1, 0.15) is 0 Å². The Labute approximate surface area is 55.4 Å². The lowest BCUT2D eigenvalue weighted by molar-refractivity contribution is 1.82. The molecule has 0 spiro atoms. The maximum Gasteiger partial charge on any atom is 0.148 e. The fourth-order valence-corrected chi connectivity index (χ4v) is 0.410. The van der Waals surface area contributed by atoms with Gasteiger partial charge in [-0.1, -0.05) is 0 Å². The van der Waals surface area contributed by atoms with Crippen molar-refractivity contribution in [1.29, 1.82) is 0 Å². The predicted octanol–water partition coefficient (Wildman–Crippen LogP) is -0.0454. The van der Waals surface area contributed by atoms with E-state index in [9.17, 15) is 0 Å². The van der Waals surface area contributed by atoms with Gasteiger partial charge in [-0.3, -0.25) is 0 Å². The van der Waals surface area contributed by atoms with Crippen LogP contribution in [0.25, 0.3) is 0 Å². The smallest absolute Gasteiger partial charge is 0.144 e.